The quantitative estimate of drug-likeness (QED) is 0.805. The van der Waals surface area contributed by atoms with Crippen LogP contribution in [0.4, 0.5) is 0 Å². The van der Waals surface area contributed by atoms with E-state index in [2.05, 4.69) is 4.57 Å². The molecule has 2 rings (SSSR count). The number of hydrogen-bond acceptors (Lipinski definition) is 2. The number of nitrogens with zero attached hydrogens (tertiary/aromatic N) is 1. The second kappa shape index (κ2) is 5.54. The van der Waals surface area contributed by atoms with Gasteiger partial charge in [-0.3, -0.25) is 0 Å². The average molecular weight is 254 g/mol. The molecule has 0 aliphatic heterocycles. The summed E-state index contributed by atoms with van der Waals surface area (Å²) in [6.45, 7) is 1.08. The zero-order chi connectivity index (χ0) is 12.3. The Morgan fingerprint density at radius 1 is 1.18 bits per heavy atom. The average Bonchev–Trinajstić information content (AvgIpc) is 2.67. The molecule has 0 fully saturated rings. The number of rotatable bonds is 5. The number of hydrogen-bond donors (Lipinski definition) is 2. The van der Waals surface area contributed by atoms with E-state index in [4.69, 9.17) is 16.7 Å². The third-order valence-corrected chi connectivity index (χ3v) is 3.14. The van der Waals surface area contributed by atoms with Gasteiger partial charge < -0.3 is 14.8 Å². The summed E-state index contributed by atoms with van der Waals surface area (Å²) in [6, 6.07) is 5.68. The standard InChI is InChI=1S/C13H16ClNO2/c14-11-3-4-12-10(9-17)8-15(13(12)7-11)5-1-2-6-16/h3-4,7-8,16-17H,1-2,5-6,9H2. The molecule has 1 aromatic heterocycles. The summed E-state index contributed by atoms with van der Waals surface area (Å²) >= 11 is 5.99. The van der Waals surface area contributed by atoms with E-state index in [1.807, 2.05) is 24.4 Å². The topological polar surface area (TPSA) is 45.4 Å². The Balaban J connectivity index is 2.36. The molecular weight excluding hydrogens is 238 g/mol. The minimum absolute atomic E-state index is 0.0329. The number of aliphatic hydroxyl groups excluding tert-OH is 2. The zero-order valence-corrected chi connectivity index (χ0v) is 10.3. The van der Waals surface area contributed by atoms with Crippen LogP contribution in [-0.2, 0) is 13.2 Å². The van der Waals surface area contributed by atoms with Gasteiger partial charge in [0.2, 0.25) is 0 Å². The first-order valence-electron chi connectivity index (χ1n) is 5.75. The van der Waals surface area contributed by atoms with Crippen LogP contribution in [0.1, 0.15) is 18.4 Å². The summed E-state index contributed by atoms with van der Waals surface area (Å²) < 4.78 is 2.09. The van der Waals surface area contributed by atoms with E-state index >= 15 is 0 Å². The van der Waals surface area contributed by atoms with Gasteiger partial charge in [0.05, 0.1) is 6.61 Å². The summed E-state index contributed by atoms with van der Waals surface area (Å²) in [6.07, 6.45) is 3.66. The molecule has 2 aromatic rings. The molecule has 0 saturated heterocycles. The molecule has 0 aliphatic carbocycles. The number of aryl methyl sites for hydroxylation is 1. The van der Waals surface area contributed by atoms with Crippen LogP contribution in [-0.4, -0.2) is 21.4 Å². The fourth-order valence-electron chi connectivity index (χ4n) is 2.05. The molecule has 0 spiro atoms. The predicted molar refractivity (Wildman–Crippen MR) is 69.2 cm³/mol. The number of aromatic nitrogens is 1. The smallest absolute Gasteiger partial charge is 0.0702 e. The maximum atomic E-state index is 9.30. The highest BCUT2D eigenvalue weighted by molar-refractivity contribution is 6.31. The summed E-state index contributed by atoms with van der Waals surface area (Å²) in [5.41, 5.74) is 1.96. The van der Waals surface area contributed by atoms with Gasteiger partial charge >= 0.3 is 0 Å². The van der Waals surface area contributed by atoms with Crippen LogP contribution in [0.25, 0.3) is 10.9 Å². The fraction of sp³-hybridized carbons (Fsp3) is 0.385. The van der Waals surface area contributed by atoms with Crippen LogP contribution in [0.3, 0.4) is 0 Å². The van der Waals surface area contributed by atoms with Gasteiger partial charge in [0.25, 0.3) is 0 Å². The van der Waals surface area contributed by atoms with Crippen LogP contribution in [0.2, 0.25) is 5.02 Å². The van der Waals surface area contributed by atoms with Crippen molar-refractivity contribution in [2.75, 3.05) is 6.61 Å². The molecule has 3 nitrogen and oxygen atoms in total. The molecule has 1 aromatic carbocycles. The Hall–Kier alpha value is -1.03. The van der Waals surface area contributed by atoms with Gasteiger partial charge in [0.15, 0.2) is 0 Å². The van der Waals surface area contributed by atoms with Crippen molar-refractivity contribution in [3.05, 3.63) is 35.0 Å². The molecule has 0 aliphatic rings. The fourth-order valence-corrected chi connectivity index (χ4v) is 2.21. The Labute approximate surface area is 105 Å². The Morgan fingerprint density at radius 3 is 2.71 bits per heavy atom. The predicted octanol–water partition coefficient (Wildman–Crippen LogP) is 2.56. The number of fused-ring (bicyclic) bond motifs is 1. The molecule has 0 bridgehead atoms. The first kappa shape index (κ1) is 12.4. The lowest BCUT2D eigenvalue weighted by molar-refractivity contribution is 0.279. The van der Waals surface area contributed by atoms with E-state index in [9.17, 15) is 5.11 Å². The number of unbranched alkanes of at least 4 members (excludes halogenated alkanes) is 1. The molecule has 0 amide bonds. The lowest BCUT2D eigenvalue weighted by Gasteiger charge is -2.04. The van der Waals surface area contributed by atoms with Crippen LogP contribution >= 0.6 is 11.6 Å². The van der Waals surface area contributed by atoms with E-state index < -0.39 is 0 Å². The number of halogens is 1. The largest absolute Gasteiger partial charge is 0.396 e. The van der Waals surface area contributed by atoms with Crippen molar-refractivity contribution < 1.29 is 10.2 Å². The maximum absolute atomic E-state index is 9.30. The van der Waals surface area contributed by atoms with Gasteiger partial charge in [-0.25, -0.2) is 0 Å². The Bertz CT molecular complexity index is 507. The monoisotopic (exact) mass is 253 g/mol. The second-order valence-electron chi connectivity index (χ2n) is 4.10. The molecule has 2 N–H and O–H groups in total. The van der Waals surface area contributed by atoms with Crippen LogP contribution < -0.4 is 0 Å². The van der Waals surface area contributed by atoms with Crippen LogP contribution in [0.15, 0.2) is 24.4 Å². The normalized spacial score (nSPS) is 11.2. The first-order valence-corrected chi connectivity index (χ1v) is 6.13. The van der Waals surface area contributed by atoms with Gasteiger partial charge in [0.1, 0.15) is 0 Å². The third kappa shape index (κ3) is 2.63. The van der Waals surface area contributed by atoms with Gasteiger partial charge in [-0.1, -0.05) is 17.7 Å². The molecule has 0 saturated carbocycles. The lowest BCUT2D eigenvalue weighted by atomic mass is 10.2. The molecule has 4 heteroatoms. The molecule has 92 valence electrons. The van der Waals surface area contributed by atoms with Crippen molar-refractivity contribution in [3.63, 3.8) is 0 Å². The number of aliphatic hydroxyl groups is 2. The molecular formula is C13H16ClNO2. The summed E-state index contributed by atoms with van der Waals surface area (Å²) in [4.78, 5) is 0. The van der Waals surface area contributed by atoms with E-state index in [-0.39, 0.29) is 13.2 Å². The zero-order valence-electron chi connectivity index (χ0n) is 9.56. The minimum atomic E-state index is 0.0329. The maximum Gasteiger partial charge on any atom is 0.0702 e. The van der Waals surface area contributed by atoms with Crippen molar-refractivity contribution in [1.82, 2.24) is 4.57 Å². The minimum Gasteiger partial charge on any atom is -0.396 e. The molecule has 17 heavy (non-hydrogen) atoms. The van der Waals surface area contributed by atoms with Crippen molar-refractivity contribution in [2.45, 2.75) is 26.0 Å². The van der Waals surface area contributed by atoms with Crippen molar-refractivity contribution in [2.24, 2.45) is 0 Å². The Kier molecular flexibility index (Phi) is 4.05. The molecule has 0 unspecified atom stereocenters. The summed E-state index contributed by atoms with van der Waals surface area (Å²) in [7, 11) is 0. The van der Waals surface area contributed by atoms with Crippen LogP contribution in [0.5, 0.6) is 0 Å². The molecule has 0 atom stereocenters. The summed E-state index contributed by atoms with van der Waals surface area (Å²) in [5.74, 6) is 0. The van der Waals surface area contributed by atoms with Gasteiger partial charge in [-0.2, -0.15) is 0 Å². The summed E-state index contributed by atoms with van der Waals surface area (Å²) in [5, 5.41) is 19.8. The van der Waals surface area contributed by atoms with Gasteiger partial charge in [-0.15, -0.1) is 0 Å². The highest BCUT2D eigenvalue weighted by atomic mass is 35.5. The Morgan fingerprint density at radius 2 is 2.00 bits per heavy atom. The van der Waals surface area contributed by atoms with Gasteiger partial charge in [0, 0.05) is 40.8 Å². The molecule has 1 heterocycles. The third-order valence-electron chi connectivity index (χ3n) is 2.90. The second-order valence-corrected chi connectivity index (χ2v) is 4.53. The van der Waals surface area contributed by atoms with Gasteiger partial charge in [-0.05, 0) is 25.0 Å². The van der Waals surface area contributed by atoms with E-state index in [1.54, 1.807) is 0 Å². The van der Waals surface area contributed by atoms with Crippen molar-refractivity contribution in [1.29, 1.82) is 0 Å². The first-order chi connectivity index (χ1) is 8.26. The highest BCUT2D eigenvalue weighted by Gasteiger charge is 2.07. The van der Waals surface area contributed by atoms with E-state index in [1.165, 1.54) is 0 Å². The highest BCUT2D eigenvalue weighted by Crippen LogP contribution is 2.25. The SMILES string of the molecule is OCCCCn1cc(CO)c2ccc(Cl)cc21. The number of benzene rings is 1. The lowest BCUT2D eigenvalue weighted by Crippen LogP contribution is -1.97. The molecule has 0 radical (unpaired) electrons. The van der Waals surface area contributed by atoms with Crippen molar-refractivity contribution in [3.8, 4) is 0 Å². The van der Waals surface area contributed by atoms with E-state index in [0.717, 1.165) is 35.9 Å². The van der Waals surface area contributed by atoms with Crippen LogP contribution in [0, 0.1) is 0 Å². The van der Waals surface area contributed by atoms with E-state index in [0.29, 0.717) is 5.02 Å². The van der Waals surface area contributed by atoms with Crippen molar-refractivity contribution >= 4 is 22.5 Å².